The summed E-state index contributed by atoms with van der Waals surface area (Å²) in [5, 5.41) is 1.16. The maximum Gasteiger partial charge on any atom is 0.186 e. The summed E-state index contributed by atoms with van der Waals surface area (Å²) < 4.78 is 1.26. The van der Waals surface area contributed by atoms with Gasteiger partial charge in [0.05, 0.1) is 10.2 Å². The Morgan fingerprint density at radius 1 is 1.29 bits per heavy atom. The molecule has 0 saturated carbocycles. The molecule has 0 atom stereocenters. The molecule has 2 aromatic rings. The van der Waals surface area contributed by atoms with Crippen molar-refractivity contribution in [2.45, 2.75) is 26.7 Å². The molecule has 3 nitrogen and oxygen atoms in total. The molecule has 90 valence electrons. The molecule has 2 N–H and O–H groups in total. The van der Waals surface area contributed by atoms with E-state index in [-0.39, 0.29) is 0 Å². The topological polar surface area (TPSA) is 42.2 Å². The molecule has 1 aliphatic rings. The van der Waals surface area contributed by atoms with Crippen LogP contribution in [0.3, 0.4) is 0 Å². The fraction of sp³-hybridized carbons (Fsp3) is 0.462. The van der Waals surface area contributed by atoms with Crippen molar-refractivity contribution in [3.05, 3.63) is 17.2 Å². The summed E-state index contributed by atoms with van der Waals surface area (Å²) in [5.41, 5.74) is 10.3. The van der Waals surface area contributed by atoms with Crippen LogP contribution in [-0.4, -0.2) is 18.1 Å². The molecule has 0 spiro atoms. The second kappa shape index (κ2) is 3.88. The number of benzene rings is 1. The third-order valence-electron chi connectivity index (χ3n) is 3.55. The first-order valence-corrected chi connectivity index (χ1v) is 6.89. The fourth-order valence-corrected chi connectivity index (χ4v) is 3.60. The summed E-state index contributed by atoms with van der Waals surface area (Å²) in [7, 11) is 0. The van der Waals surface area contributed by atoms with Gasteiger partial charge in [-0.05, 0) is 43.9 Å². The zero-order chi connectivity index (χ0) is 12.0. The lowest BCUT2D eigenvalue weighted by molar-refractivity contribution is 0.949. The predicted molar refractivity (Wildman–Crippen MR) is 75.0 cm³/mol. The van der Waals surface area contributed by atoms with E-state index in [9.17, 15) is 0 Å². The van der Waals surface area contributed by atoms with Crippen molar-refractivity contribution in [2.75, 3.05) is 23.7 Å². The third kappa shape index (κ3) is 1.67. The molecule has 0 amide bonds. The molecule has 3 rings (SSSR count). The summed E-state index contributed by atoms with van der Waals surface area (Å²) in [6, 6.07) is 2.16. The molecule has 0 radical (unpaired) electrons. The van der Waals surface area contributed by atoms with Gasteiger partial charge in [0.2, 0.25) is 0 Å². The standard InChI is InChI=1S/C13H17N3S/c1-8-7-10-12(9(2)11(8)14)15-13(17-10)16-5-3-4-6-16/h7H,3-6,14H2,1-2H3. The van der Waals surface area contributed by atoms with Crippen LogP contribution in [0, 0.1) is 13.8 Å². The molecule has 17 heavy (non-hydrogen) atoms. The van der Waals surface area contributed by atoms with Crippen LogP contribution in [0.15, 0.2) is 6.07 Å². The summed E-state index contributed by atoms with van der Waals surface area (Å²) in [4.78, 5) is 7.15. The van der Waals surface area contributed by atoms with Crippen molar-refractivity contribution in [1.82, 2.24) is 4.98 Å². The number of thiazole rings is 1. The summed E-state index contributed by atoms with van der Waals surface area (Å²) in [6.07, 6.45) is 2.58. The SMILES string of the molecule is Cc1cc2sc(N3CCCC3)nc2c(C)c1N. The van der Waals surface area contributed by atoms with Gasteiger partial charge in [-0.3, -0.25) is 0 Å². The highest BCUT2D eigenvalue weighted by Crippen LogP contribution is 2.35. The molecule has 2 heterocycles. The Balaban J connectivity index is 2.15. The number of anilines is 2. The Labute approximate surface area is 105 Å². The van der Waals surface area contributed by atoms with E-state index in [1.165, 1.54) is 17.5 Å². The van der Waals surface area contributed by atoms with Crippen molar-refractivity contribution in [1.29, 1.82) is 0 Å². The van der Waals surface area contributed by atoms with Gasteiger partial charge in [0.1, 0.15) is 0 Å². The Bertz CT molecular complexity index is 568. The number of nitrogen functional groups attached to an aromatic ring is 1. The summed E-state index contributed by atoms with van der Waals surface area (Å²) >= 11 is 1.79. The molecule has 1 aliphatic heterocycles. The minimum absolute atomic E-state index is 0.885. The highest BCUT2D eigenvalue weighted by atomic mass is 32.1. The van der Waals surface area contributed by atoms with Crippen molar-refractivity contribution < 1.29 is 0 Å². The van der Waals surface area contributed by atoms with Gasteiger partial charge in [-0.25, -0.2) is 4.98 Å². The average molecular weight is 247 g/mol. The lowest BCUT2D eigenvalue weighted by Crippen LogP contribution is -2.16. The van der Waals surface area contributed by atoms with Crippen LogP contribution in [-0.2, 0) is 0 Å². The highest BCUT2D eigenvalue weighted by Gasteiger charge is 2.18. The molecule has 0 aliphatic carbocycles. The molecule has 1 aromatic heterocycles. The number of hydrogen-bond acceptors (Lipinski definition) is 4. The molecular weight excluding hydrogens is 230 g/mol. The van der Waals surface area contributed by atoms with E-state index in [1.54, 1.807) is 11.3 Å². The molecule has 1 saturated heterocycles. The first-order chi connectivity index (χ1) is 8.16. The van der Waals surface area contributed by atoms with E-state index in [0.717, 1.165) is 40.6 Å². The van der Waals surface area contributed by atoms with Crippen molar-refractivity contribution >= 4 is 32.4 Å². The van der Waals surface area contributed by atoms with E-state index < -0.39 is 0 Å². The van der Waals surface area contributed by atoms with Crippen LogP contribution in [0.5, 0.6) is 0 Å². The van der Waals surface area contributed by atoms with E-state index in [2.05, 4.69) is 24.8 Å². The maximum absolute atomic E-state index is 6.06. The van der Waals surface area contributed by atoms with Crippen LogP contribution in [0.1, 0.15) is 24.0 Å². The van der Waals surface area contributed by atoms with Gasteiger partial charge < -0.3 is 10.6 Å². The largest absolute Gasteiger partial charge is 0.398 e. The van der Waals surface area contributed by atoms with Crippen LogP contribution in [0.4, 0.5) is 10.8 Å². The molecule has 1 aromatic carbocycles. The van der Waals surface area contributed by atoms with E-state index in [4.69, 9.17) is 10.7 Å². The van der Waals surface area contributed by atoms with Crippen LogP contribution >= 0.6 is 11.3 Å². The lowest BCUT2D eigenvalue weighted by Gasteiger charge is -2.11. The molecule has 4 heteroatoms. The predicted octanol–water partition coefficient (Wildman–Crippen LogP) is 3.10. The van der Waals surface area contributed by atoms with E-state index in [0.29, 0.717) is 0 Å². The number of rotatable bonds is 1. The second-order valence-electron chi connectivity index (χ2n) is 4.77. The Morgan fingerprint density at radius 2 is 2.00 bits per heavy atom. The Kier molecular flexibility index (Phi) is 2.47. The van der Waals surface area contributed by atoms with Gasteiger partial charge in [0.15, 0.2) is 5.13 Å². The molecule has 1 fully saturated rings. The third-order valence-corrected chi connectivity index (χ3v) is 4.61. The number of nitrogens with zero attached hydrogens (tertiary/aromatic N) is 2. The van der Waals surface area contributed by atoms with E-state index >= 15 is 0 Å². The normalized spacial score (nSPS) is 16.0. The number of aryl methyl sites for hydroxylation is 2. The van der Waals surface area contributed by atoms with Crippen LogP contribution in [0.25, 0.3) is 10.2 Å². The minimum atomic E-state index is 0.885. The van der Waals surface area contributed by atoms with Gasteiger partial charge in [0.25, 0.3) is 0 Å². The molecule has 0 unspecified atom stereocenters. The van der Waals surface area contributed by atoms with Gasteiger partial charge in [-0.15, -0.1) is 0 Å². The second-order valence-corrected chi connectivity index (χ2v) is 5.78. The minimum Gasteiger partial charge on any atom is -0.398 e. The monoisotopic (exact) mass is 247 g/mol. The van der Waals surface area contributed by atoms with Crippen molar-refractivity contribution in [3.8, 4) is 0 Å². The van der Waals surface area contributed by atoms with Gasteiger partial charge in [-0.1, -0.05) is 11.3 Å². The van der Waals surface area contributed by atoms with E-state index in [1.807, 2.05) is 0 Å². The summed E-state index contributed by atoms with van der Waals surface area (Å²) in [6.45, 7) is 6.43. The number of hydrogen-bond donors (Lipinski definition) is 1. The zero-order valence-corrected chi connectivity index (χ0v) is 11.1. The maximum atomic E-state index is 6.06. The molecule has 0 bridgehead atoms. The van der Waals surface area contributed by atoms with Gasteiger partial charge in [0, 0.05) is 18.8 Å². The van der Waals surface area contributed by atoms with Crippen molar-refractivity contribution in [3.63, 3.8) is 0 Å². The van der Waals surface area contributed by atoms with Crippen LogP contribution in [0.2, 0.25) is 0 Å². The number of fused-ring (bicyclic) bond motifs is 1. The van der Waals surface area contributed by atoms with Gasteiger partial charge >= 0.3 is 0 Å². The quantitative estimate of drug-likeness (QED) is 0.787. The highest BCUT2D eigenvalue weighted by molar-refractivity contribution is 7.22. The molecular formula is C13H17N3S. The van der Waals surface area contributed by atoms with Gasteiger partial charge in [-0.2, -0.15) is 0 Å². The first kappa shape index (κ1) is 10.8. The first-order valence-electron chi connectivity index (χ1n) is 6.08. The van der Waals surface area contributed by atoms with Crippen molar-refractivity contribution in [2.24, 2.45) is 0 Å². The number of nitrogens with two attached hydrogens (primary N) is 1. The number of aromatic nitrogens is 1. The Morgan fingerprint density at radius 3 is 2.71 bits per heavy atom. The lowest BCUT2D eigenvalue weighted by atomic mass is 10.1. The van der Waals surface area contributed by atoms with Crippen LogP contribution < -0.4 is 10.6 Å². The Hall–Kier alpha value is -1.29. The zero-order valence-electron chi connectivity index (χ0n) is 10.3. The average Bonchev–Trinajstić information content (AvgIpc) is 2.93. The fourth-order valence-electron chi connectivity index (χ4n) is 2.43. The smallest absolute Gasteiger partial charge is 0.186 e. The summed E-state index contributed by atoms with van der Waals surface area (Å²) in [5.74, 6) is 0.